The third-order valence-corrected chi connectivity index (χ3v) is 13.1. The first kappa shape index (κ1) is 41.5. The summed E-state index contributed by atoms with van der Waals surface area (Å²) < 4.78 is 2.48. The number of benzene rings is 10. The fraction of sp³-hybridized carbons (Fsp3) is 0. The van der Waals surface area contributed by atoms with Crippen LogP contribution in [0.2, 0.25) is 0 Å². The number of aromatic nitrogens is 7. The fourth-order valence-electron chi connectivity index (χ4n) is 9.69. The van der Waals surface area contributed by atoms with Crippen LogP contribution in [0.15, 0.2) is 249 Å². The molecule has 10 aromatic carbocycles. The topological polar surface area (TPSA) is 82.3 Å². The van der Waals surface area contributed by atoms with E-state index in [-0.39, 0.29) is 0 Å². The van der Waals surface area contributed by atoms with Crippen molar-refractivity contribution in [2.45, 2.75) is 0 Å². The van der Waals surface area contributed by atoms with Crippen LogP contribution in [0.3, 0.4) is 0 Å². The summed E-state index contributed by atoms with van der Waals surface area (Å²) >= 11 is 0. The molecule has 3 heterocycles. The Kier molecular flexibility index (Phi) is 10.4. The van der Waals surface area contributed by atoms with Crippen LogP contribution >= 0.6 is 0 Å². The Bertz CT molecular complexity index is 3760. The minimum Gasteiger partial charge on any atom is -0.307 e. The van der Waals surface area contributed by atoms with E-state index < -0.39 is 0 Å². The largest absolute Gasteiger partial charge is 0.307 e. The predicted molar refractivity (Wildman–Crippen MR) is 289 cm³/mol. The zero-order chi connectivity index (χ0) is 47.1. The third kappa shape index (κ3) is 7.68. The molecule has 0 bridgehead atoms. The maximum Gasteiger partial charge on any atom is 0.164 e. The molecule has 0 aliphatic rings. The zero-order valence-corrected chi connectivity index (χ0v) is 38.3. The van der Waals surface area contributed by atoms with Gasteiger partial charge in [-0.3, -0.25) is 0 Å². The van der Waals surface area contributed by atoms with E-state index in [1.165, 1.54) is 21.5 Å². The lowest BCUT2D eigenvalue weighted by Crippen LogP contribution is -2.02. The molecule has 0 saturated carbocycles. The Balaban J connectivity index is 0.988. The zero-order valence-electron chi connectivity index (χ0n) is 38.3. The summed E-state index contributed by atoms with van der Waals surface area (Å²) in [7, 11) is 0. The van der Waals surface area contributed by atoms with E-state index in [9.17, 15) is 0 Å². The molecule has 0 saturated heterocycles. The van der Waals surface area contributed by atoms with Crippen LogP contribution in [-0.2, 0) is 0 Å². The van der Waals surface area contributed by atoms with Gasteiger partial charge < -0.3 is 4.57 Å². The Labute approximate surface area is 410 Å². The molecule has 7 nitrogen and oxygen atoms in total. The van der Waals surface area contributed by atoms with E-state index in [4.69, 9.17) is 29.9 Å². The Morgan fingerprint density at radius 1 is 0.225 bits per heavy atom. The van der Waals surface area contributed by atoms with E-state index in [0.717, 1.165) is 72.4 Å². The second-order valence-corrected chi connectivity index (χ2v) is 17.5. The molecular weight excluding hydrogens is 867 g/mol. The standard InChI is InChI=1S/C64H41N7/c1-5-19-45(20-6-1)59-65-60(46-21-7-2-8-22-46)68-63(67-59)49-36-32-43(33-37-49)52-29-17-30-53(57(52)71-56-31-16-15-28-54(56)55-41-40-42-18-13-14-27-51(42)58(55)71)44-34-38-50(39-35-44)64-69-61(47-23-9-3-10-24-47)66-62(70-64)48-25-11-4-12-26-48/h1-41H. The van der Waals surface area contributed by atoms with Gasteiger partial charge in [-0.05, 0) is 22.6 Å². The lowest BCUT2D eigenvalue weighted by molar-refractivity contribution is 1.07. The first-order chi connectivity index (χ1) is 35.2. The molecule has 3 aromatic heterocycles. The van der Waals surface area contributed by atoms with Crippen LogP contribution < -0.4 is 0 Å². The number of hydrogen-bond donors (Lipinski definition) is 0. The molecule has 0 aliphatic heterocycles. The fourth-order valence-corrected chi connectivity index (χ4v) is 9.69. The summed E-state index contributed by atoms with van der Waals surface area (Å²) in [5.74, 6) is 3.72. The normalized spacial score (nSPS) is 11.4. The number of fused-ring (bicyclic) bond motifs is 5. The van der Waals surface area contributed by atoms with E-state index in [2.05, 4.69) is 132 Å². The summed E-state index contributed by atoms with van der Waals surface area (Å²) in [6.07, 6.45) is 0. The monoisotopic (exact) mass is 907 g/mol. The van der Waals surface area contributed by atoms with Crippen molar-refractivity contribution in [3.8, 4) is 96.3 Å². The molecule has 0 aliphatic carbocycles. The van der Waals surface area contributed by atoms with Crippen LogP contribution in [0.25, 0.3) is 129 Å². The molecule has 7 heteroatoms. The molecule has 0 atom stereocenters. The van der Waals surface area contributed by atoms with Gasteiger partial charge in [0.05, 0.1) is 16.7 Å². The van der Waals surface area contributed by atoms with Gasteiger partial charge >= 0.3 is 0 Å². The van der Waals surface area contributed by atoms with Gasteiger partial charge in [0.2, 0.25) is 0 Å². The van der Waals surface area contributed by atoms with Gasteiger partial charge in [0.25, 0.3) is 0 Å². The average molecular weight is 908 g/mol. The van der Waals surface area contributed by atoms with Crippen molar-refractivity contribution in [3.05, 3.63) is 249 Å². The van der Waals surface area contributed by atoms with Gasteiger partial charge in [-0.1, -0.05) is 243 Å². The van der Waals surface area contributed by atoms with Crippen molar-refractivity contribution in [1.29, 1.82) is 0 Å². The molecule has 0 amide bonds. The number of para-hydroxylation sites is 2. The minimum absolute atomic E-state index is 0.608. The van der Waals surface area contributed by atoms with E-state index in [1.54, 1.807) is 0 Å². The van der Waals surface area contributed by atoms with Crippen molar-refractivity contribution in [1.82, 2.24) is 34.5 Å². The van der Waals surface area contributed by atoms with Crippen molar-refractivity contribution in [2.75, 3.05) is 0 Å². The molecule has 0 fully saturated rings. The van der Waals surface area contributed by atoms with Crippen molar-refractivity contribution in [2.24, 2.45) is 0 Å². The van der Waals surface area contributed by atoms with Gasteiger partial charge in [-0.15, -0.1) is 0 Å². The van der Waals surface area contributed by atoms with Gasteiger partial charge in [-0.25, -0.2) is 29.9 Å². The molecule has 0 N–H and O–H groups in total. The van der Waals surface area contributed by atoms with Crippen molar-refractivity contribution < 1.29 is 0 Å². The Hall–Kier alpha value is -9.72. The summed E-state index contributed by atoms with van der Waals surface area (Å²) in [6, 6.07) is 86.2. The van der Waals surface area contributed by atoms with Gasteiger partial charge in [0, 0.05) is 60.7 Å². The highest BCUT2D eigenvalue weighted by Gasteiger charge is 2.22. The van der Waals surface area contributed by atoms with Crippen molar-refractivity contribution in [3.63, 3.8) is 0 Å². The van der Waals surface area contributed by atoms with E-state index in [0.29, 0.717) is 34.9 Å². The minimum atomic E-state index is 0.608. The first-order valence-electron chi connectivity index (χ1n) is 23.7. The molecule has 71 heavy (non-hydrogen) atoms. The lowest BCUT2D eigenvalue weighted by Gasteiger charge is -2.20. The summed E-state index contributed by atoms with van der Waals surface area (Å²) in [6.45, 7) is 0. The molecular formula is C64H41N7. The summed E-state index contributed by atoms with van der Waals surface area (Å²) in [4.78, 5) is 30.0. The maximum atomic E-state index is 5.04. The van der Waals surface area contributed by atoms with E-state index >= 15 is 0 Å². The van der Waals surface area contributed by atoms with Gasteiger partial charge in [-0.2, -0.15) is 0 Å². The number of rotatable bonds is 9. The molecule has 0 unspecified atom stereocenters. The van der Waals surface area contributed by atoms with Crippen LogP contribution in [0.1, 0.15) is 0 Å². The highest BCUT2D eigenvalue weighted by atomic mass is 15.0. The van der Waals surface area contributed by atoms with Gasteiger partial charge in [0.15, 0.2) is 34.9 Å². The Morgan fingerprint density at radius 3 is 0.986 bits per heavy atom. The molecule has 13 aromatic rings. The van der Waals surface area contributed by atoms with Crippen LogP contribution in [0.4, 0.5) is 0 Å². The average Bonchev–Trinajstić information content (AvgIpc) is 3.80. The molecule has 332 valence electrons. The molecule has 0 spiro atoms. The first-order valence-corrected chi connectivity index (χ1v) is 23.7. The van der Waals surface area contributed by atoms with Crippen LogP contribution in [0, 0.1) is 0 Å². The highest BCUT2D eigenvalue weighted by Crippen LogP contribution is 2.44. The second kappa shape index (κ2) is 17.7. The quantitative estimate of drug-likeness (QED) is 0.143. The van der Waals surface area contributed by atoms with Gasteiger partial charge in [0.1, 0.15) is 0 Å². The van der Waals surface area contributed by atoms with Crippen LogP contribution in [-0.4, -0.2) is 34.5 Å². The maximum absolute atomic E-state index is 5.04. The highest BCUT2D eigenvalue weighted by molar-refractivity contribution is 6.19. The smallest absolute Gasteiger partial charge is 0.164 e. The molecule has 13 rings (SSSR count). The SMILES string of the molecule is c1ccc(-c2nc(-c3ccccc3)nc(-c3ccc(-c4cccc(-c5ccc(-c6nc(-c7ccccc7)nc(-c7ccccc7)n6)cc5)c4-n4c5ccccc5c5ccc6ccccc6c54)cc3)n2)cc1. The second-order valence-electron chi connectivity index (χ2n) is 17.5. The lowest BCUT2D eigenvalue weighted by atomic mass is 9.94. The number of hydrogen-bond acceptors (Lipinski definition) is 6. The number of nitrogens with zero attached hydrogens (tertiary/aromatic N) is 7. The summed E-state index contributed by atoms with van der Waals surface area (Å²) in [5, 5.41) is 4.75. The third-order valence-electron chi connectivity index (χ3n) is 13.1. The molecule has 0 radical (unpaired) electrons. The van der Waals surface area contributed by atoms with E-state index in [1.807, 2.05) is 121 Å². The predicted octanol–water partition coefficient (Wildman–Crippen LogP) is 15.6. The van der Waals surface area contributed by atoms with Crippen molar-refractivity contribution >= 4 is 32.6 Å². The van der Waals surface area contributed by atoms with Crippen LogP contribution in [0.5, 0.6) is 0 Å². The summed E-state index contributed by atoms with van der Waals surface area (Å²) in [5.41, 5.74) is 13.1. The Morgan fingerprint density at radius 2 is 0.563 bits per heavy atom.